The van der Waals surface area contributed by atoms with Gasteiger partial charge in [-0.05, 0) is 36.8 Å². The first kappa shape index (κ1) is 17.8. The molecular weight excluding hydrogens is 382 g/mol. The molecule has 5 nitrogen and oxygen atoms in total. The Kier molecular flexibility index (Phi) is 4.49. The maximum Gasteiger partial charge on any atom is 0.265 e. The molecule has 0 radical (unpaired) electrons. The minimum Gasteiger partial charge on any atom is -0.492 e. The number of amides is 1. The molecule has 0 atom stereocenters. The van der Waals surface area contributed by atoms with Gasteiger partial charge in [0.05, 0.1) is 27.8 Å². The van der Waals surface area contributed by atoms with E-state index in [1.54, 1.807) is 42.5 Å². The predicted octanol–water partition coefficient (Wildman–Crippen LogP) is 4.35. The number of para-hydroxylation sites is 2. The zero-order chi connectivity index (χ0) is 19.0. The van der Waals surface area contributed by atoms with Crippen LogP contribution < -0.4 is 10.1 Å². The normalized spacial score (nSPS) is 14.1. The van der Waals surface area contributed by atoms with Crippen LogP contribution in [-0.4, -0.2) is 20.9 Å². The predicted molar refractivity (Wildman–Crippen MR) is 106 cm³/mol. The number of carbonyl (C=O) groups excluding carboxylic acids is 1. The molecule has 0 saturated carbocycles. The number of rotatable bonds is 4. The van der Waals surface area contributed by atoms with Crippen LogP contribution >= 0.6 is 11.3 Å². The van der Waals surface area contributed by atoms with Crippen molar-refractivity contribution in [2.24, 2.45) is 0 Å². The Hall–Kier alpha value is -2.64. The van der Waals surface area contributed by atoms with Gasteiger partial charge in [-0.25, -0.2) is 8.42 Å². The second-order valence-electron chi connectivity index (χ2n) is 6.10. The molecule has 0 saturated heterocycles. The van der Waals surface area contributed by atoms with Crippen molar-refractivity contribution >= 4 is 32.8 Å². The number of benzene rings is 2. The fourth-order valence-electron chi connectivity index (χ4n) is 3.12. The largest absolute Gasteiger partial charge is 0.492 e. The molecule has 27 heavy (non-hydrogen) atoms. The minimum absolute atomic E-state index is 0.0847. The van der Waals surface area contributed by atoms with Gasteiger partial charge in [-0.3, -0.25) is 4.79 Å². The highest BCUT2D eigenvalue weighted by molar-refractivity contribution is 7.91. The molecule has 2 aromatic carbocycles. The number of nitrogens with one attached hydrogen (secondary N) is 1. The van der Waals surface area contributed by atoms with Gasteiger partial charge < -0.3 is 10.1 Å². The van der Waals surface area contributed by atoms with E-state index in [-0.39, 0.29) is 11.7 Å². The van der Waals surface area contributed by atoms with E-state index in [1.165, 1.54) is 11.3 Å². The highest BCUT2D eigenvalue weighted by Crippen LogP contribution is 2.42. The summed E-state index contributed by atoms with van der Waals surface area (Å²) >= 11 is 1.31. The van der Waals surface area contributed by atoms with Gasteiger partial charge in [-0.1, -0.05) is 30.3 Å². The highest BCUT2D eigenvalue weighted by Gasteiger charge is 2.30. The number of anilines is 1. The summed E-state index contributed by atoms with van der Waals surface area (Å²) in [6, 6.07) is 15.8. The topological polar surface area (TPSA) is 72.5 Å². The molecule has 1 N–H and O–H groups in total. The summed E-state index contributed by atoms with van der Waals surface area (Å²) in [4.78, 5) is 14.4. The smallest absolute Gasteiger partial charge is 0.265 e. The standard InChI is InChI=1S/C20H17NO4S2/c1-2-25-16-9-5-4-8-15(16)21-20(22)17-11-13-12-27(23,24)18-10-6-3-7-14(18)19(13)26-17/h3-11H,2,12H2,1H3,(H,21,22). The van der Waals surface area contributed by atoms with Crippen LogP contribution in [0.1, 0.15) is 22.2 Å². The average Bonchev–Trinajstić information content (AvgIpc) is 3.07. The Morgan fingerprint density at radius 3 is 2.70 bits per heavy atom. The first-order chi connectivity index (χ1) is 13.0. The third kappa shape index (κ3) is 3.24. The summed E-state index contributed by atoms with van der Waals surface area (Å²) in [5, 5.41) is 2.86. The Morgan fingerprint density at radius 1 is 1.15 bits per heavy atom. The Bertz CT molecular complexity index is 1130. The molecule has 138 valence electrons. The Labute approximate surface area is 161 Å². The van der Waals surface area contributed by atoms with Crippen molar-refractivity contribution in [2.45, 2.75) is 17.6 Å². The lowest BCUT2D eigenvalue weighted by Gasteiger charge is -2.15. The number of ether oxygens (including phenoxy) is 1. The molecule has 1 amide bonds. The first-order valence-corrected chi connectivity index (χ1v) is 10.9. The molecule has 3 aromatic rings. The van der Waals surface area contributed by atoms with E-state index in [1.807, 2.05) is 19.1 Å². The van der Waals surface area contributed by atoms with Crippen molar-refractivity contribution in [3.8, 4) is 16.2 Å². The van der Waals surface area contributed by atoms with Gasteiger partial charge in [0.2, 0.25) is 0 Å². The number of hydrogen-bond donors (Lipinski definition) is 1. The van der Waals surface area contributed by atoms with Gasteiger partial charge in [0.1, 0.15) is 5.75 Å². The second kappa shape index (κ2) is 6.83. The third-order valence-electron chi connectivity index (χ3n) is 4.28. The summed E-state index contributed by atoms with van der Waals surface area (Å²) in [5.74, 6) is 0.234. The Morgan fingerprint density at radius 2 is 1.89 bits per heavy atom. The van der Waals surface area contributed by atoms with Gasteiger partial charge >= 0.3 is 0 Å². The van der Waals surface area contributed by atoms with E-state index < -0.39 is 9.84 Å². The van der Waals surface area contributed by atoms with Crippen LogP contribution in [0.4, 0.5) is 5.69 Å². The molecule has 4 rings (SSSR count). The summed E-state index contributed by atoms with van der Waals surface area (Å²) in [6.45, 7) is 2.37. The molecule has 0 bridgehead atoms. The van der Waals surface area contributed by atoms with Gasteiger partial charge in [-0.2, -0.15) is 0 Å². The van der Waals surface area contributed by atoms with Gasteiger partial charge in [0.25, 0.3) is 5.91 Å². The van der Waals surface area contributed by atoms with Crippen LogP contribution in [0, 0.1) is 0 Å². The van der Waals surface area contributed by atoms with Crippen molar-refractivity contribution < 1.29 is 17.9 Å². The number of thiophene rings is 1. The van der Waals surface area contributed by atoms with E-state index in [2.05, 4.69) is 5.32 Å². The lowest BCUT2D eigenvalue weighted by Crippen LogP contribution is -2.12. The lowest BCUT2D eigenvalue weighted by molar-refractivity contribution is 0.103. The molecule has 0 fully saturated rings. The molecule has 1 aliphatic heterocycles. The molecule has 0 unspecified atom stereocenters. The zero-order valence-corrected chi connectivity index (χ0v) is 16.2. The summed E-state index contributed by atoms with van der Waals surface area (Å²) < 4.78 is 30.6. The van der Waals surface area contributed by atoms with Crippen molar-refractivity contribution in [3.05, 3.63) is 65.0 Å². The molecule has 7 heteroatoms. The highest BCUT2D eigenvalue weighted by atomic mass is 32.2. The van der Waals surface area contributed by atoms with Gasteiger partial charge in [-0.15, -0.1) is 11.3 Å². The number of hydrogen-bond acceptors (Lipinski definition) is 5. The minimum atomic E-state index is -3.39. The fraction of sp³-hybridized carbons (Fsp3) is 0.150. The molecule has 1 aromatic heterocycles. The van der Waals surface area contributed by atoms with Crippen LogP contribution in [0.2, 0.25) is 0 Å². The SMILES string of the molecule is CCOc1ccccc1NC(=O)c1cc2c(s1)-c1ccccc1S(=O)(=O)C2. The van der Waals surface area contributed by atoms with E-state index >= 15 is 0 Å². The number of sulfone groups is 1. The van der Waals surface area contributed by atoms with Crippen LogP contribution in [-0.2, 0) is 15.6 Å². The Balaban J connectivity index is 1.69. The monoisotopic (exact) mass is 399 g/mol. The zero-order valence-electron chi connectivity index (χ0n) is 14.6. The first-order valence-electron chi connectivity index (χ1n) is 8.47. The number of carbonyl (C=O) groups is 1. The van der Waals surface area contributed by atoms with E-state index in [0.717, 1.165) is 4.88 Å². The molecule has 1 aliphatic rings. The second-order valence-corrected chi connectivity index (χ2v) is 9.11. The third-order valence-corrected chi connectivity index (χ3v) is 7.21. The maximum atomic E-state index is 12.8. The summed E-state index contributed by atoms with van der Waals surface area (Å²) in [5.41, 5.74) is 1.92. The van der Waals surface area contributed by atoms with Crippen molar-refractivity contribution in [1.29, 1.82) is 0 Å². The lowest BCUT2D eigenvalue weighted by atomic mass is 10.1. The van der Waals surface area contributed by atoms with Crippen LogP contribution in [0.25, 0.3) is 10.4 Å². The van der Waals surface area contributed by atoms with Crippen LogP contribution in [0.3, 0.4) is 0 Å². The fourth-order valence-corrected chi connectivity index (χ4v) is 5.97. The van der Waals surface area contributed by atoms with Crippen molar-refractivity contribution in [1.82, 2.24) is 0 Å². The average molecular weight is 399 g/mol. The quantitative estimate of drug-likeness (QED) is 0.708. The van der Waals surface area contributed by atoms with Gasteiger partial charge in [0, 0.05) is 10.4 Å². The van der Waals surface area contributed by atoms with E-state index in [0.29, 0.717) is 38.9 Å². The van der Waals surface area contributed by atoms with Crippen molar-refractivity contribution in [2.75, 3.05) is 11.9 Å². The van der Waals surface area contributed by atoms with Gasteiger partial charge in [0.15, 0.2) is 9.84 Å². The molecule has 0 spiro atoms. The molecular formula is C20H17NO4S2. The number of fused-ring (bicyclic) bond motifs is 3. The summed E-state index contributed by atoms with van der Waals surface area (Å²) in [7, 11) is -3.39. The van der Waals surface area contributed by atoms with Crippen molar-refractivity contribution in [3.63, 3.8) is 0 Å². The van der Waals surface area contributed by atoms with E-state index in [9.17, 15) is 13.2 Å². The molecule has 0 aliphatic carbocycles. The van der Waals surface area contributed by atoms with E-state index in [4.69, 9.17) is 4.74 Å². The van der Waals surface area contributed by atoms with Crippen LogP contribution in [0.5, 0.6) is 5.75 Å². The summed E-state index contributed by atoms with van der Waals surface area (Å²) in [6.07, 6.45) is 0. The maximum absolute atomic E-state index is 12.8. The molecule has 2 heterocycles. The van der Waals surface area contributed by atoms with Crippen LogP contribution in [0.15, 0.2) is 59.5 Å².